The van der Waals surface area contributed by atoms with Crippen LogP contribution < -0.4 is 5.32 Å². The van der Waals surface area contributed by atoms with Crippen molar-refractivity contribution in [2.24, 2.45) is 11.8 Å². The zero-order valence-corrected chi connectivity index (χ0v) is 18.6. The van der Waals surface area contributed by atoms with E-state index in [1.54, 1.807) is 26.0 Å². The standard InChI is InChI=1S/C20H26ClNO7S/c1-13(2)16(11-19(25)29-12-14-7-5-4-6-8-14)20(26)22-15(10-18(23)24)9-17(21)30(3,27)28/h4-9,13,15-16H,10-12H2,1-3H3,(H,22,26)(H,23,24)/b17-9+/t15-,16+/m1/s1. The maximum atomic E-state index is 12.7. The van der Waals surface area contributed by atoms with E-state index in [0.717, 1.165) is 17.9 Å². The van der Waals surface area contributed by atoms with Crippen LogP contribution in [-0.2, 0) is 35.6 Å². The molecule has 0 saturated carbocycles. The van der Waals surface area contributed by atoms with Crippen LogP contribution >= 0.6 is 11.6 Å². The Bertz CT molecular complexity index is 882. The van der Waals surface area contributed by atoms with Crippen LogP contribution in [-0.4, -0.2) is 43.7 Å². The second kappa shape index (κ2) is 11.7. The number of hydrogen-bond acceptors (Lipinski definition) is 6. The predicted molar refractivity (Wildman–Crippen MR) is 112 cm³/mol. The lowest BCUT2D eigenvalue weighted by Crippen LogP contribution is -2.41. The van der Waals surface area contributed by atoms with Crippen LogP contribution in [0.1, 0.15) is 32.3 Å². The number of carbonyl (C=O) groups excluding carboxylic acids is 2. The molecule has 0 aliphatic heterocycles. The summed E-state index contributed by atoms with van der Waals surface area (Å²) in [4.78, 5) is 36.0. The number of carboxylic acids is 1. The average molecular weight is 460 g/mol. The summed E-state index contributed by atoms with van der Waals surface area (Å²) in [6.07, 6.45) is 1.06. The Labute approximate surface area is 181 Å². The zero-order chi connectivity index (χ0) is 22.9. The van der Waals surface area contributed by atoms with E-state index in [4.69, 9.17) is 21.4 Å². The number of hydrogen-bond donors (Lipinski definition) is 2. The molecule has 0 spiro atoms. The van der Waals surface area contributed by atoms with Crippen LogP contribution in [0.15, 0.2) is 40.8 Å². The molecule has 1 amide bonds. The number of benzene rings is 1. The zero-order valence-electron chi connectivity index (χ0n) is 17.0. The van der Waals surface area contributed by atoms with Gasteiger partial charge in [0.15, 0.2) is 9.84 Å². The molecular formula is C20H26ClNO7S. The number of carboxylic acid groups (broad SMARTS) is 1. The summed E-state index contributed by atoms with van der Waals surface area (Å²) < 4.78 is 27.6. The van der Waals surface area contributed by atoms with Gasteiger partial charge in [-0.25, -0.2) is 8.42 Å². The molecule has 8 nitrogen and oxygen atoms in total. The van der Waals surface area contributed by atoms with Crippen LogP contribution in [0.4, 0.5) is 0 Å². The molecular weight excluding hydrogens is 434 g/mol. The van der Waals surface area contributed by atoms with Gasteiger partial charge in [-0.15, -0.1) is 0 Å². The first-order valence-corrected chi connectivity index (χ1v) is 11.5. The Kier molecular flexibility index (Phi) is 10.0. The van der Waals surface area contributed by atoms with Gasteiger partial charge in [0.2, 0.25) is 5.91 Å². The monoisotopic (exact) mass is 459 g/mol. The second-order valence-corrected chi connectivity index (χ2v) is 9.77. The minimum atomic E-state index is -3.75. The Hall–Kier alpha value is -2.39. The molecule has 0 aliphatic rings. The molecule has 0 fully saturated rings. The lowest BCUT2D eigenvalue weighted by atomic mass is 9.91. The molecule has 0 saturated heterocycles. The Balaban J connectivity index is 2.84. The van der Waals surface area contributed by atoms with Gasteiger partial charge in [0.25, 0.3) is 0 Å². The maximum Gasteiger partial charge on any atom is 0.306 e. The van der Waals surface area contributed by atoms with Gasteiger partial charge in [-0.2, -0.15) is 0 Å². The van der Waals surface area contributed by atoms with Crippen molar-refractivity contribution in [3.05, 3.63) is 46.3 Å². The fourth-order valence-electron chi connectivity index (χ4n) is 2.52. The summed E-state index contributed by atoms with van der Waals surface area (Å²) in [6.45, 7) is 3.54. The third-order valence-corrected chi connectivity index (χ3v) is 5.99. The first-order valence-electron chi connectivity index (χ1n) is 9.19. The summed E-state index contributed by atoms with van der Waals surface area (Å²) in [6, 6.07) is 7.90. The summed E-state index contributed by atoms with van der Waals surface area (Å²) in [7, 11) is -3.75. The van der Waals surface area contributed by atoms with Gasteiger partial charge in [-0.3, -0.25) is 14.4 Å². The van der Waals surface area contributed by atoms with Gasteiger partial charge in [-0.1, -0.05) is 55.8 Å². The highest BCUT2D eigenvalue weighted by atomic mass is 35.5. The third-order valence-electron chi connectivity index (χ3n) is 4.18. The molecule has 30 heavy (non-hydrogen) atoms. The first-order chi connectivity index (χ1) is 13.9. The average Bonchev–Trinajstić information content (AvgIpc) is 2.63. The molecule has 0 unspecified atom stereocenters. The van der Waals surface area contributed by atoms with E-state index in [2.05, 4.69) is 5.32 Å². The highest BCUT2D eigenvalue weighted by Crippen LogP contribution is 2.19. The Morgan fingerprint density at radius 3 is 2.27 bits per heavy atom. The summed E-state index contributed by atoms with van der Waals surface area (Å²) >= 11 is 5.70. The third kappa shape index (κ3) is 9.41. The summed E-state index contributed by atoms with van der Waals surface area (Å²) in [5.74, 6) is -3.48. The number of carbonyl (C=O) groups is 3. The smallest absolute Gasteiger partial charge is 0.306 e. The largest absolute Gasteiger partial charge is 0.481 e. The number of esters is 1. The fourth-order valence-corrected chi connectivity index (χ4v) is 3.08. The predicted octanol–water partition coefficient (Wildman–Crippen LogP) is 2.48. The van der Waals surface area contributed by atoms with E-state index in [0.29, 0.717) is 0 Å². The van der Waals surface area contributed by atoms with Crippen LogP contribution in [0.25, 0.3) is 0 Å². The molecule has 2 atom stereocenters. The Morgan fingerprint density at radius 1 is 1.17 bits per heavy atom. The highest BCUT2D eigenvalue weighted by Gasteiger charge is 2.28. The van der Waals surface area contributed by atoms with Gasteiger partial charge >= 0.3 is 11.9 Å². The minimum absolute atomic E-state index is 0.0699. The van der Waals surface area contributed by atoms with E-state index in [1.807, 2.05) is 18.2 Å². The summed E-state index contributed by atoms with van der Waals surface area (Å²) in [5.41, 5.74) is 0.804. The molecule has 0 bridgehead atoms. The number of aliphatic carboxylic acids is 1. The number of rotatable bonds is 11. The molecule has 10 heteroatoms. The molecule has 0 aromatic heterocycles. The van der Waals surface area contributed by atoms with Crippen LogP contribution in [0.3, 0.4) is 0 Å². The number of nitrogens with one attached hydrogen (secondary N) is 1. The second-order valence-electron chi connectivity index (χ2n) is 7.16. The number of amides is 1. The molecule has 2 N–H and O–H groups in total. The first kappa shape index (κ1) is 25.6. The molecule has 1 rings (SSSR count). The SMILES string of the molecule is CC(C)[C@H](CC(=O)OCc1ccccc1)C(=O)N[C@H](/C=C(\Cl)S(C)(=O)=O)CC(=O)O. The topological polar surface area (TPSA) is 127 Å². The number of ether oxygens (including phenoxy) is 1. The van der Waals surface area contributed by atoms with Crippen LogP contribution in [0.2, 0.25) is 0 Å². The fraction of sp³-hybridized carbons (Fsp3) is 0.450. The summed E-state index contributed by atoms with van der Waals surface area (Å²) in [5, 5.41) is 11.5. The molecule has 1 aromatic carbocycles. The molecule has 0 radical (unpaired) electrons. The van der Waals surface area contributed by atoms with E-state index >= 15 is 0 Å². The van der Waals surface area contributed by atoms with Gasteiger partial charge in [-0.05, 0) is 17.6 Å². The normalized spacial score (nSPS) is 14.1. The number of halogens is 1. The minimum Gasteiger partial charge on any atom is -0.481 e. The molecule has 1 aromatic rings. The van der Waals surface area contributed by atoms with Gasteiger partial charge < -0.3 is 15.2 Å². The van der Waals surface area contributed by atoms with Crippen molar-refractivity contribution in [1.82, 2.24) is 5.32 Å². The van der Waals surface area contributed by atoms with Crippen molar-refractivity contribution >= 4 is 39.3 Å². The van der Waals surface area contributed by atoms with Crippen molar-refractivity contribution in [2.75, 3.05) is 6.26 Å². The maximum absolute atomic E-state index is 12.7. The van der Waals surface area contributed by atoms with Crippen molar-refractivity contribution in [3.63, 3.8) is 0 Å². The number of sulfone groups is 1. The van der Waals surface area contributed by atoms with Crippen molar-refractivity contribution in [3.8, 4) is 0 Å². The van der Waals surface area contributed by atoms with Crippen LogP contribution in [0, 0.1) is 11.8 Å². The van der Waals surface area contributed by atoms with Crippen molar-refractivity contribution in [2.45, 2.75) is 39.3 Å². The lowest BCUT2D eigenvalue weighted by molar-refractivity contribution is -0.149. The molecule has 0 aliphatic carbocycles. The van der Waals surface area contributed by atoms with E-state index < -0.39 is 50.4 Å². The quantitative estimate of drug-likeness (QED) is 0.486. The van der Waals surface area contributed by atoms with E-state index in [-0.39, 0.29) is 18.9 Å². The van der Waals surface area contributed by atoms with E-state index in [9.17, 15) is 22.8 Å². The lowest BCUT2D eigenvalue weighted by Gasteiger charge is -2.22. The molecule has 0 heterocycles. The highest BCUT2D eigenvalue weighted by molar-refractivity contribution is 7.96. The van der Waals surface area contributed by atoms with Gasteiger partial charge in [0.05, 0.1) is 24.8 Å². The van der Waals surface area contributed by atoms with Crippen molar-refractivity contribution in [1.29, 1.82) is 0 Å². The molecule has 166 valence electrons. The van der Waals surface area contributed by atoms with Crippen molar-refractivity contribution < 1.29 is 32.6 Å². The Morgan fingerprint density at radius 2 is 1.77 bits per heavy atom. The van der Waals surface area contributed by atoms with Gasteiger partial charge in [0.1, 0.15) is 11.0 Å². The van der Waals surface area contributed by atoms with E-state index in [1.165, 1.54) is 0 Å². The van der Waals surface area contributed by atoms with Gasteiger partial charge in [0, 0.05) is 6.26 Å². The van der Waals surface area contributed by atoms with Crippen LogP contribution in [0.5, 0.6) is 0 Å².